The maximum Gasteiger partial charge on any atom is 0.251 e. The second kappa shape index (κ2) is 8.35. The Bertz CT molecular complexity index is 1090. The van der Waals surface area contributed by atoms with Gasteiger partial charge in [-0.2, -0.15) is 5.10 Å². The van der Waals surface area contributed by atoms with E-state index in [-0.39, 0.29) is 17.9 Å². The van der Waals surface area contributed by atoms with Gasteiger partial charge < -0.3 is 15.2 Å². The van der Waals surface area contributed by atoms with Gasteiger partial charge in [0.15, 0.2) is 0 Å². The second-order valence-electron chi connectivity index (χ2n) is 9.08. The van der Waals surface area contributed by atoms with Gasteiger partial charge in [-0.3, -0.25) is 9.48 Å². The summed E-state index contributed by atoms with van der Waals surface area (Å²) in [6.07, 6.45) is 3.61. The van der Waals surface area contributed by atoms with Crippen LogP contribution in [-0.2, 0) is 7.05 Å². The lowest BCUT2D eigenvalue weighted by atomic mass is 9.77. The average Bonchev–Trinajstić information content (AvgIpc) is 3.09. The first-order valence-corrected chi connectivity index (χ1v) is 10.9. The molecule has 0 aliphatic heterocycles. The zero-order chi connectivity index (χ0) is 22.2. The molecule has 2 aromatic carbocycles. The number of para-hydroxylation sites is 1. The van der Waals surface area contributed by atoms with Crippen molar-refractivity contribution in [3.63, 3.8) is 0 Å². The van der Waals surface area contributed by atoms with Crippen molar-refractivity contribution >= 4 is 16.8 Å². The van der Waals surface area contributed by atoms with Crippen LogP contribution < -0.4 is 10.1 Å². The van der Waals surface area contributed by atoms with Gasteiger partial charge in [-0.25, -0.2) is 0 Å². The number of carbonyl (C=O) groups excluding carboxylic acids is 1. The summed E-state index contributed by atoms with van der Waals surface area (Å²) in [6.45, 7) is 3.74. The lowest BCUT2D eigenvalue weighted by Gasteiger charge is -2.36. The largest absolute Gasteiger partial charge is 0.496 e. The van der Waals surface area contributed by atoms with Gasteiger partial charge in [0.05, 0.1) is 18.2 Å². The molecule has 0 radical (unpaired) electrons. The van der Waals surface area contributed by atoms with Crippen LogP contribution in [0.5, 0.6) is 5.75 Å². The molecule has 0 spiro atoms. The summed E-state index contributed by atoms with van der Waals surface area (Å²) in [7, 11) is 3.54. The Kier molecular flexibility index (Phi) is 5.75. The normalized spacial score (nSPS) is 19.4. The van der Waals surface area contributed by atoms with E-state index in [0.717, 1.165) is 47.8 Å². The molecule has 1 aromatic heterocycles. The van der Waals surface area contributed by atoms with Crippen molar-refractivity contribution in [1.29, 1.82) is 0 Å². The Morgan fingerprint density at radius 1 is 1.16 bits per heavy atom. The summed E-state index contributed by atoms with van der Waals surface area (Å²) in [4.78, 5) is 12.9. The van der Waals surface area contributed by atoms with Crippen LogP contribution in [0.3, 0.4) is 0 Å². The number of fused-ring (bicyclic) bond motifs is 1. The molecular weight excluding hydrogens is 390 g/mol. The van der Waals surface area contributed by atoms with E-state index in [1.54, 1.807) is 13.2 Å². The molecule has 1 saturated carbocycles. The van der Waals surface area contributed by atoms with Crippen LogP contribution in [0.2, 0.25) is 0 Å². The van der Waals surface area contributed by atoms with Crippen LogP contribution in [0, 0.1) is 5.92 Å². The number of aliphatic hydroxyl groups is 1. The number of carbonyl (C=O) groups is 1. The van der Waals surface area contributed by atoms with Gasteiger partial charge in [0.2, 0.25) is 0 Å². The van der Waals surface area contributed by atoms with E-state index in [2.05, 4.69) is 10.4 Å². The molecule has 0 atom stereocenters. The Balaban J connectivity index is 1.53. The van der Waals surface area contributed by atoms with Crippen molar-refractivity contribution in [2.45, 2.75) is 51.2 Å². The fourth-order valence-electron chi connectivity index (χ4n) is 4.65. The maximum atomic E-state index is 12.9. The van der Waals surface area contributed by atoms with E-state index in [0.29, 0.717) is 11.3 Å². The predicted octanol–water partition coefficient (Wildman–Crippen LogP) is 4.31. The van der Waals surface area contributed by atoms with Gasteiger partial charge in [-0.15, -0.1) is 0 Å². The van der Waals surface area contributed by atoms with Crippen molar-refractivity contribution in [2.75, 3.05) is 7.11 Å². The minimum absolute atomic E-state index is 0.0950. The second-order valence-corrected chi connectivity index (χ2v) is 9.08. The molecule has 6 nitrogen and oxygen atoms in total. The highest BCUT2D eigenvalue weighted by Gasteiger charge is 2.32. The third kappa shape index (κ3) is 4.30. The molecule has 164 valence electrons. The number of rotatable bonds is 5. The molecule has 1 aliphatic carbocycles. The van der Waals surface area contributed by atoms with E-state index in [1.165, 1.54) is 0 Å². The first-order chi connectivity index (χ1) is 14.8. The highest BCUT2D eigenvalue weighted by molar-refractivity contribution is 5.98. The number of ether oxygens (including phenoxy) is 1. The molecule has 0 bridgehead atoms. The molecule has 2 N–H and O–H groups in total. The number of aryl methyl sites for hydroxylation is 1. The number of nitrogens with zero attached hydrogens (tertiary/aromatic N) is 2. The zero-order valence-electron chi connectivity index (χ0n) is 18.7. The molecule has 4 rings (SSSR count). The number of nitrogens with one attached hydrogen (secondary N) is 1. The van der Waals surface area contributed by atoms with Crippen LogP contribution in [0.25, 0.3) is 22.2 Å². The van der Waals surface area contributed by atoms with Crippen molar-refractivity contribution < 1.29 is 14.6 Å². The summed E-state index contributed by atoms with van der Waals surface area (Å²) in [5, 5.41) is 19.1. The van der Waals surface area contributed by atoms with E-state index in [1.807, 2.05) is 62.0 Å². The molecule has 1 amide bonds. The molecule has 6 heteroatoms. The highest BCUT2D eigenvalue weighted by atomic mass is 16.5. The number of hydrogen-bond acceptors (Lipinski definition) is 4. The summed E-state index contributed by atoms with van der Waals surface area (Å²) in [5.74, 6) is 0.818. The first-order valence-electron chi connectivity index (χ1n) is 10.9. The topological polar surface area (TPSA) is 76.4 Å². The maximum absolute atomic E-state index is 12.9. The van der Waals surface area contributed by atoms with E-state index in [4.69, 9.17) is 4.74 Å². The molecule has 31 heavy (non-hydrogen) atoms. The number of hydrogen-bond donors (Lipinski definition) is 2. The summed E-state index contributed by atoms with van der Waals surface area (Å²) >= 11 is 0. The van der Waals surface area contributed by atoms with Gasteiger partial charge in [0.25, 0.3) is 5.91 Å². The SMILES string of the molecule is COc1cc(C(=O)NC2CCC(C(C)(C)O)CC2)ccc1-c1nn(C)c2ccccc12. The van der Waals surface area contributed by atoms with Crippen molar-refractivity contribution in [3.8, 4) is 17.0 Å². The Hall–Kier alpha value is -2.86. The number of benzene rings is 2. The standard InChI is InChI=1S/C25H31N3O3/c1-25(2,30)17-10-12-18(13-11-17)26-24(29)16-9-14-20(22(15-16)31-4)23-19-7-5-6-8-21(19)28(3)27-23/h5-9,14-15,17-18,30H,10-13H2,1-4H3,(H,26,29). The highest BCUT2D eigenvalue weighted by Crippen LogP contribution is 2.35. The fourth-order valence-corrected chi connectivity index (χ4v) is 4.65. The van der Waals surface area contributed by atoms with E-state index in [9.17, 15) is 9.90 Å². The third-order valence-electron chi connectivity index (χ3n) is 6.54. The van der Waals surface area contributed by atoms with Gasteiger partial charge in [0.1, 0.15) is 11.4 Å². The average molecular weight is 422 g/mol. The van der Waals surface area contributed by atoms with Crippen molar-refractivity contribution in [3.05, 3.63) is 48.0 Å². The van der Waals surface area contributed by atoms with E-state index < -0.39 is 5.60 Å². The van der Waals surface area contributed by atoms with Crippen LogP contribution in [0.15, 0.2) is 42.5 Å². The van der Waals surface area contributed by atoms with Gasteiger partial charge in [0, 0.05) is 29.6 Å². The third-order valence-corrected chi connectivity index (χ3v) is 6.54. The summed E-state index contributed by atoms with van der Waals surface area (Å²) in [5.41, 5.74) is 2.66. The molecule has 3 aromatic rings. The molecule has 0 unspecified atom stereocenters. The van der Waals surface area contributed by atoms with Crippen LogP contribution in [-0.4, -0.2) is 39.5 Å². The Labute approximate surface area is 183 Å². The molecule has 1 aliphatic rings. The minimum atomic E-state index is -0.659. The molecular formula is C25H31N3O3. The zero-order valence-corrected chi connectivity index (χ0v) is 18.7. The predicted molar refractivity (Wildman–Crippen MR) is 122 cm³/mol. The minimum Gasteiger partial charge on any atom is -0.496 e. The number of amides is 1. The lowest BCUT2D eigenvalue weighted by Crippen LogP contribution is -2.41. The summed E-state index contributed by atoms with van der Waals surface area (Å²) < 4.78 is 7.49. The van der Waals surface area contributed by atoms with Crippen LogP contribution in [0.4, 0.5) is 0 Å². The lowest BCUT2D eigenvalue weighted by molar-refractivity contribution is -0.00257. The molecule has 1 fully saturated rings. The van der Waals surface area contributed by atoms with Crippen molar-refractivity contribution in [2.24, 2.45) is 13.0 Å². The monoisotopic (exact) mass is 421 g/mol. The van der Waals surface area contributed by atoms with Gasteiger partial charge in [-0.1, -0.05) is 18.2 Å². The first kappa shape index (κ1) is 21.4. The molecule has 1 heterocycles. The number of methoxy groups -OCH3 is 1. The summed E-state index contributed by atoms with van der Waals surface area (Å²) in [6, 6.07) is 13.7. The quantitative estimate of drug-likeness (QED) is 0.644. The Morgan fingerprint density at radius 3 is 2.55 bits per heavy atom. The van der Waals surface area contributed by atoms with Crippen LogP contribution in [0.1, 0.15) is 49.9 Å². The fraction of sp³-hybridized carbons (Fsp3) is 0.440. The van der Waals surface area contributed by atoms with E-state index >= 15 is 0 Å². The van der Waals surface area contributed by atoms with Crippen LogP contribution >= 0.6 is 0 Å². The number of aromatic nitrogens is 2. The molecule has 0 saturated heterocycles. The smallest absolute Gasteiger partial charge is 0.251 e. The van der Waals surface area contributed by atoms with Crippen molar-refractivity contribution in [1.82, 2.24) is 15.1 Å². The van der Waals surface area contributed by atoms with Gasteiger partial charge in [-0.05, 0) is 69.7 Å². The Morgan fingerprint density at radius 2 is 1.87 bits per heavy atom. The van der Waals surface area contributed by atoms with Gasteiger partial charge >= 0.3 is 0 Å².